The Hall–Kier alpha value is -2.90. The Balaban J connectivity index is 1.73. The summed E-state index contributed by atoms with van der Waals surface area (Å²) in [7, 11) is 0. The molecule has 0 aliphatic heterocycles. The third kappa shape index (κ3) is 3.68. The first-order chi connectivity index (χ1) is 12.3. The molecule has 2 heterocycles. The van der Waals surface area contributed by atoms with Crippen molar-refractivity contribution in [1.82, 2.24) is 14.8 Å². The Morgan fingerprint density at radius 2 is 2.00 bits per heavy atom. The van der Waals surface area contributed by atoms with Crippen molar-refractivity contribution in [3.8, 4) is 0 Å². The van der Waals surface area contributed by atoms with Gasteiger partial charge in [0, 0.05) is 17.6 Å². The summed E-state index contributed by atoms with van der Waals surface area (Å²) in [5, 5.41) is 4.90. The molecule has 0 amide bonds. The van der Waals surface area contributed by atoms with Gasteiger partial charge >= 0.3 is 12.1 Å². The van der Waals surface area contributed by atoms with Crippen molar-refractivity contribution in [2.75, 3.05) is 0 Å². The van der Waals surface area contributed by atoms with Crippen LogP contribution in [-0.2, 0) is 17.5 Å². The highest BCUT2D eigenvalue weighted by molar-refractivity contribution is 5.92. The number of esters is 1. The smallest absolute Gasteiger partial charge is 0.416 e. The maximum atomic E-state index is 12.7. The van der Waals surface area contributed by atoms with Gasteiger partial charge in [0.2, 0.25) is 0 Å². The molecule has 26 heavy (non-hydrogen) atoms. The van der Waals surface area contributed by atoms with Crippen LogP contribution in [-0.4, -0.2) is 20.7 Å². The van der Waals surface area contributed by atoms with E-state index in [9.17, 15) is 18.0 Å². The van der Waals surface area contributed by atoms with Crippen LogP contribution >= 0.6 is 0 Å². The van der Waals surface area contributed by atoms with Gasteiger partial charge in [-0.3, -0.25) is 0 Å². The van der Waals surface area contributed by atoms with Crippen LogP contribution in [0.5, 0.6) is 0 Å². The number of aromatic nitrogens is 3. The molecule has 0 saturated heterocycles. The van der Waals surface area contributed by atoms with Gasteiger partial charge in [-0.25, -0.2) is 14.5 Å². The number of ether oxygens (including phenoxy) is 1. The van der Waals surface area contributed by atoms with Crippen LogP contribution in [0.3, 0.4) is 0 Å². The van der Waals surface area contributed by atoms with E-state index in [4.69, 9.17) is 4.74 Å². The van der Waals surface area contributed by atoms with Crippen LogP contribution in [0.4, 0.5) is 13.2 Å². The summed E-state index contributed by atoms with van der Waals surface area (Å²) in [6.45, 7) is 3.67. The van der Waals surface area contributed by atoms with E-state index in [-0.39, 0.29) is 23.8 Å². The Kier molecular flexibility index (Phi) is 4.67. The summed E-state index contributed by atoms with van der Waals surface area (Å²) in [4.78, 5) is 16.4. The molecule has 0 fully saturated rings. The molecule has 0 bridgehead atoms. The lowest BCUT2D eigenvalue weighted by molar-refractivity contribution is -0.137. The SMILES string of the molecule is CC(C)n1ncc2cc(C(=O)OCc3cccc(C(F)(F)F)c3)cnc21. The number of hydrogen-bond acceptors (Lipinski definition) is 4. The summed E-state index contributed by atoms with van der Waals surface area (Å²) >= 11 is 0. The third-order valence-corrected chi connectivity index (χ3v) is 3.78. The molecule has 0 saturated carbocycles. The molecule has 0 N–H and O–H groups in total. The number of halogens is 3. The zero-order valence-electron chi connectivity index (χ0n) is 14.1. The van der Waals surface area contributed by atoms with Crippen molar-refractivity contribution in [2.45, 2.75) is 32.7 Å². The molecule has 2 aromatic heterocycles. The summed E-state index contributed by atoms with van der Waals surface area (Å²) in [5.74, 6) is -0.658. The molecule has 3 rings (SSSR count). The highest BCUT2D eigenvalue weighted by Crippen LogP contribution is 2.29. The molecule has 8 heteroatoms. The largest absolute Gasteiger partial charge is 0.457 e. The van der Waals surface area contributed by atoms with E-state index >= 15 is 0 Å². The fourth-order valence-electron chi connectivity index (χ4n) is 2.50. The predicted octanol–water partition coefficient (Wildman–Crippen LogP) is 4.39. The molecule has 0 radical (unpaired) electrons. The lowest BCUT2D eigenvalue weighted by Gasteiger charge is -2.09. The lowest BCUT2D eigenvalue weighted by atomic mass is 10.1. The fraction of sp³-hybridized carbons (Fsp3) is 0.278. The first-order valence-electron chi connectivity index (χ1n) is 7.92. The van der Waals surface area contributed by atoms with Crippen molar-refractivity contribution in [1.29, 1.82) is 0 Å². The Morgan fingerprint density at radius 3 is 2.69 bits per heavy atom. The van der Waals surface area contributed by atoms with Crippen LogP contribution < -0.4 is 0 Å². The molecule has 1 aromatic carbocycles. The Labute approximate surface area is 147 Å². The van der Waals surface area contributed by atoms with E-state index in [1.807, 2.05) is 13.8 Å². The standard InChI is InChI=1S/C18H16F3N3O2/c1-11(2)24-16-13(9-23-24)7-14(8-22-16)17(25)26-10-12-4-3-5-15(6-12)18(19,20)21/h3-9,11H,10H2,1-2H3. The molecule has 5 nitrogen and oxygen atoms in total. The average molecular weight is 363 g/mol. The number of pyridine rings is 1. The maximum absolute atomic E-state index is 12.7. The minimum atomic E-state index is -4.44. The Morgan fingerprint density at radius 1 is 1.23 bits per heavy atom. The van der Waals surface area contributed by atoms with Gasteiger partial charge in [-0.2, -0.15) is 18.3 Å². The highest BCUT2D eigenvalue weighted by Gasteiger charge is 2.30. The molecule has 3 aromatic rings. The summed E-state index contributed by atoms with van der Waals surface area (Å²) in [6, 6.07) is 6.40. The maximum Gasteiger partial charge on any atom is 0.416 e. The molecular formula is C18H16F3N3O2. The number of carbonyl (C=O) groups is 1. The van der Waals surface area contributed by atoms with E-state index < -0.39 is 17.7 Å². The van der Waals surface area contributed by atoms with Gasteiger partial charge in [0.15, 0.2) is 5.65 Å². The van der Waals surface area contributed by atoms with E-state index in [1.54, 1.807) is 16.9 Å². The van der Waals surface area contributed by atoms with Crippen molar-refractivity contribution in [3.63, 3.8) is 0 Å². The normalized spacial score (nSPS) is 11.9. The van der Waals surface area contributed by atoms with Crippen molar-refractivity contribution < 1.29 is 22.7 Å². The predicted molar refractivity (Wildman–Crippen MR) is 88.5 cm³/mol. The van der Waals surface area contributed by atoms with Gasteiger partial charge in [-0.05, 0) is 37.6 Å². The first kappa shape index (κ1) is 17.9. The summed E-state index contributed by atoms with van der Waals surface area (Å²) in [6.07, 6.45) is -1.46. The highest BCUT2D eigenvalue weighted by atomic mass is 19.4. The number of fused-ring (bicyclic) bond motifs is 1. The zero-order valence-corrected chi connectivity index (χ0v) is 14.1. The zero-order chi connectivity index (χ0) is 18.9. The second-order valence-corrected chi connectivity index (χ2v) is 6.09. The van der Waals surface area contributed by atoms with Gasteiger partial charge in [-0.1, -0.05) is 12.1 Å². The topological polar surface area (TPSA) is 57.0 Å². The number of carbonyl (C=O) groups excluding carboxylic acids is 1. The lowest BCUT2D eigenvalue weighted by Crippen LogP contribution is -2.08. The van der Waals surface area contributed by atoms with Gasteiger partial charge in [0.1, 0.15) is 6.61 Å². The first-order valence-corrected chi connectivity index (χ1v) is 7.92. The van der Waals surface area contributed by atoms with Gasteiger partial charge in [0.05, 0.1) is 17.3 Å². The second kappa shape index (κ2) is 6.78. The average Bonchev–Trinajstić information content (AvgIpc) is 3.02. The van der Waals surface area contributed by atoms with Crippen LogP contribution in [0.2, 0.25) is 0 Å². The molecule has 0 aliphatic rings. The molecule has 0 atom stereocenters. The van der Waals surface area contributed by atoms with Crippen LogP contribution in [0.15, 0.2) is 42.7 Å². The molecule has 0 unspecified atom stereocenters. The van der Waals surface area contributed by atoms with E-state index in [0.29, 0.717) is 11.0 Å². The molecule has 0 spiro atoms. The second-order valence-electron chi connectivity index (χ2n) is 6.09. The number of nitrogens with zero attached hydrogens (tertiary/aromatic N) is 3. The van der Waals surface area contributed by atoms with Crippen molar-refractivity contribution in [2.24, 2.45) is 0 Å². The quantitative estimate of drug-likeness (QED) is 0.645. The number of alkyl halides is 3. The van der Waals surface area contributed by atoms with Gasteiger partial charge < -0.3 is 4.74 Å². The minimum absolute atomic E-state index is 0.124. The number of benzene rings is 1. The van der Waals surface area contributed by atoms with E-state index in [0.717, 1.165) is 12.1 Å². The third-order valence-electron chi connectivity index (χ3n) is 3.78. The molecular weight excluding hydrogens is 347 g/mol. The van der Waals surface area contributed by atoms with E-state index in [1.165, 1.54) is 18.3 Å². The van der Waals surface area contributed by atoms with Gasteiger partial charge in [0.25, 0.3) is 0 Å². The molecule has 136 valence electrons. The van der Waals surface area contributed by atoms with E-state index in [2.05, 4.69) is 10.1 Å². The Bertz CT molecular complexity index is 948. The molecule has 0 aliphatic carbocycles. The van der Waals surface area contributed by atoms with Crippen LogP contribution in [0.25, 0.3) is 11.0 Å². The monoisotopic (exact) mass is 363 g/mol. The van der Waals surface area contributed by atoms with Crippen molar-refractivity contribution >= 4 is 17.0 Å². The van der Waals surface area contributed by atoms with Crippen LogP contribution in [0, 0.1) is 0 Å². The van der Waals surface area contributed by atoms with Gasteiger partial charge in [-0.15, -0.1) is 0 Å². The summed E-state index contributed by atoms with van der Waals surface area (Å²) < 4.78 is 45.0. The summed E-state index contributed by atoms with van der Waals surface area (Å²) in [5.41, 5.74) is 0.340. The number of rotatable bonds is 4. The van der Waals surface area contributed by atoms with Crippen LogP contribution in [0.1, 0.15) is 41.4 Å². The number of hydrogen-bond donors (Lipinski definition) is 0. The van der Waals surface area contributed by atoms with Crippen molar-refractivity contribution in [3.05, 3.63) is 59.4 Å². The minimum Gasteiger partial charge on any atom is -0.457 e. The fourth-order valence-corrected chi connectivity index (χ4v) is 2.50.